The fourth-order valence-corrected chi connectivity index (χ4v) is 3.54. The summed E-state index contributed by atoms with van der Waals surface area (Å²) >= 11 is 0. The molecule has 1 spiro atoms. The minimum atomic E-state index is 0.646. The van der Waals surface area contributed by atoms with Crippen LogP contribution in [-0.2, 0) is 4.74 Å². The highest BCUT2D eigenvalue weighted by molar-refractivity contribution is 4.97. The molecule has 0 aliphatic carbocycles. The molecule has 3 aliphatic heterocycles. The Balaban J connectivity index is 1.42. The van der Waals surface area contributed by atoms with Gasteiger partial charge in [-0.05, 0) is 32.2 Å². The van der Waals surface area contributed by atoms with Gasteiger partial charge >= 0.3 is 0 Å². The van der Waals surface area contributed by atoms with Crippen molar-refractivity contribution >= 4 is 0 Å². The number of nitrogens with one attached hydrogen (secondary N) is 1. The van der Waals surface area contributed by atoms with E-state index in [2.05, 4.69) is 10.2 Å². The third kappa shape index (κ3) is 2.27. The SMILES string of the molecule is C1CCC(CN2CC3(CCOCC3)C2)NC1. The number of piperidine rings is 1. The Morgan fingerprint density at radius 1 is 1.19 bits per heavy atom. The number of rotatable bonds is 2. The molecule has 0 saturated carbocycles. The molecule has 1 atom stereocenters. The summed E-state index contributed by atoms with van der Waals surface area (Å²) < 4.78 is 5.45. The molecule has 3 heteroatoms. The third-order valence-corrected chi connectivity index (χ3v) is 4.56. The van der Waals surface area contributed by atoms with Crippen molar-refractivity contribution in [1.29, 1.82) is 0 Å². The quantitative estimate of drug-likeness (QED) is 0.764. The zero-order valence-electron chi connectivity index (χ0n) is 10.2. The van der Waals surface area contributed by atoms with Crippen molar-refractivity contribution in [3.05, 3.63) is 0 Å². The first-order valence-electron chi connectivity index (χ1n) is 6.90. The Kier molecular flexibility index (Phi) is 3.18. The van der Waals surface area contributed by atoms with Crippen LogP contribution in [0.25, 0.3) is 0 Å². The Hall–Kier alpha value is -0.120. The van der Waals surface area contributed by atoms with Crippen molar-refractivity contribution < 1.29 is 4.74 Å². The van der Waals surface area contributed by atoms with E-state index in [9.17, 15) is 0 Å². The number of likely N-dealkylation sites (tertiary alicyclic amines) is 1. The summed E-state index contributed by atoms with van der Waals surface area (Å²) in [6.45, 7) is 7.16. The van der Waals surface area contributed by atoms with Gasteiger partial charge in [-0.3, -0.25) is 0 Å². The summed E-state index contributed by atoms with van der Waals surface area (Å²) in [4.78, 5) is 2.65. The van der Waals surface area contributed by atoms with Gasteiger partial charge in [0.2, 0.25) is 0 Å². The second-order valence-electron chi connectivity index (χ2n) is 5.93. The molecule has 3 rings (SSSR count). The van der Waals surface area contributed by atoms with E-state index < -0.39 is 0 Å². The first kappa shape index (κ1) is 11.0. The molecule has 0 radical (unpaired) electrons. The molecule has 0 amide bonds. The maximum Gasteiger partial charge on any atom is 0.0472 e. The molecule has 0 bridgehead atoms. The summed E-state index contributed by atoms with van der Waals surface area (Å²) in [5.41, 5.74) is 0.646. The topological polar surface area (TPSA) is 24.5 Å². The lowest BCUT2D eigenvalue weighted by Gasteiger charge is -2.53. The van der Waals surface area contributed by atoms with E-state index in [0.717, 1.165) is 19.3 Å². The lowest BCUT2D eigenvalue weighted by Crippen LogP contribution is -2.61. The van der Waals surface area contributed by atoms with Crippen molar-refractivity contribution in [2.24, 2.45) is 5.41 Å². The van der Waals surface area contributed by atoms with Crippen LogP contribution in [0.4, 0.5) is 0 Å². The largest absolute Gasteiger partial charge is 0.381 e. The number of nitrogens with zero attached hydrogens (tertiary/aromatic N) is 1. The molecule has 3 saturated heterocycles. The van der Waals surface area contributed by atoms with Crippen molar-refractivity contribution in [3.63, 3.8) is 0 Å². The van der Waals surface area contributed by atoms with Crippen LogP contribution in [0.3, 0.4) is 0 Å². The molecule has 92 valence electrons. The average Bonchev–Trinajstić information content (AvgIpc) is 2.30. The molecule has 16 heavy (non-hydrogen) atoms. The van der Waals surface area contributed by atoms with Gasteiger partial charge in [0.25, 0.3) is 0 Å². The fourth-order valence-electron chi connectivity index (χ4n) is 3.54. The van der Waals surface area contributed by atoms with Crippen LogP contribution in [0.2, 0.25) is 0 Å². The Bertz CT molecular complexity index is 221. The normalized spacial score (nSPS) is 34.9. The van der Waals surface area contributed by atoms with Gasteiger partial charge < -0.3 is 15.0 Å². The zero-order chi connectivity index (χ0) is 10.8. The van der Waals surface area contributed by atoms with E-state index in [-0.39, 0.29) is 0 Å². The molecule has 0 aromatic rings. The van der Waals surface area contributed by atoms with Crippen LogP contribution < -0.4 is 5.32 Å². The number of hydrogen-bond donors (Lipinski definition) is 1. The lowest BCUT2D eigenvalue weighted by atomic mass is 9.73. The standard InChI is InChI=1S/C13H24N2O/c1-2-6-14-12(3-1)9-15-10-13(11-15)4-7-16-8-5-13/h12,14H,1-11H2. The molecule has 0 aromatic heterocycles. The van der Waals surface area contributed by atoms with Gasteiger partial charge in [-0.2, -0.15) is 0 Å². The molecule has 1 unspecified atom stereocenters. The van der Waals surface area contributed by atoms with Gasteiger partial charge in [0, 0.05) is 44.3 Å². The van der Waals surface area contributed by atoms with Crippen LogP contribution in [0.15, 0.2) is 0 Å². The van der Waals surface area contributed by atoms with E-state index in [1.54, 1.807) is 0 Å². The van der Waals surface area contributed by atoms with Gasteiger partial charge in [-0.1, -0.05) is 6.42 Å². The van der Waals surface area contributed by atoms with Crippen molar-refractivity contribution in [3.8, 4) is 0 Å². The number of ether oxygens (including phenoxy) is 1. The average molecular weight is 224 g/mol. The maximum absolute atomic E-state index is 5.45. The van der Waals surface area contributed by atoms with Crippen LogP contribution in [0.1, 0.15) is 32.1 Å². The van der Waals surface area contributed by atoms with Crippen LogP contribution in [0, 0.1) is 5.41 Å². The van der Waals surface area contributed by atoms with Crippen LogP contribution >= 0.6 is 0 Å². The lowest BCUT2D eigenvalue weighted by molar-refractivity contribution is -0.0835. The predicted octanol–water partition coefficient (Wildman–Crippen LogP) is 1.24. The van der Waals surface area contributed by atoms with Gasteiger partial charge in [0.1, 0.15) is 0 Å². The molecule has 3 heterocycles. The third-order valence-electron chi connectivity index (χ3n) is 4.56. The van der Waals surface area contributed by atoms with Crippen molar-refractivity contribution in [2.75, 3.05) is 39.4 Å². The summed E-state index contributed by atoms with van der Waals surface area (Å²) in [6.07, 6.45) is 6.76. The Morgan fingerprint density at radius 3 is 2.69 bits per heavy atom. The summed E-state index contributed by atoms with van der Waals surface area (Å²) in [6, 6.07) is 0.769. The van der Waals surface area contributed by atoms with Gasteiger partial charge in [-0.15, -0.1) is 0 Å². The minimum absolute atomic E-state index is 0.646. The Morgan fingerprint density at radius 2 is 2.00 bits per heavy atom. The molecular formula is C13H24N2O. The van der Waals surface area contributed by atoms with Crippen LogP contribution in [0.5, 0.6) is 0 Å². The first-order valence-corrected chi connectivity index (χ1v) is 6.90. The van der Waals surface area contributed by atoms with Gasteiger partial charge in [0.15, 0.2) is 0 Å². The smallest absolute Gasteiger partial charge is 0.0472 e. The van der Waals surface area contributed by atoms with E-state index in [1.165, 1.54) is 58.3 Å². The van der Waals surface area contributed by atoms with E-state index >= 15 is 0 Å². The highest BCUT2D eigenvalue weighted by Gasteiger charge is 2.43. The van der Waals surface area contributed by atoms with E-state index in [0.29, 0.717) is 5.41 Å². The highest BCUT2D eigenvalue weighted by Crippen LogP contribution is 2.39. The fraction of sp³-hybridized carbons (Fsp3) is 1.00. The second kappa shape index (κ2) is 4.63. The molecule has 0 aromatic carbocycles. The molecule has 3 nitrogen and oxygen atoms in total. The minimum Gasteiger partial charge on any atom is -0.381 e. The summed E-state index contributed by atoms with van der Waals surface area (Å²) in [7, 11) is 0. The molecular weight excluding hydrogens is 200 g/mol. The summed E-state index contributed by atoms with van der Waals surface area (Å²) in [5, 5.41) is 3.64. The molecule has 3 fully saturated rings. The number of hydrogen-bond acceptors (Lipinski definition) is 3. The zero-order valence-corrected chi connectivity index (χ0v) is 10.2. The summed E-state index contributed by atoms with van der Waals surface area (Å²) in [5.74, 6) is 0. The second-order valence-corrected chi connectivity index (χ2v) is 5.93. The van der Waals surface area contributed by atoms with Crippen LogP contribution in [-0.4, -0.2) is 50.3 Å². The highest BCUT2D eigenvalue weighted by atomic mass is 16.5. The molecule has 3 aliphatic rings. The van der Waals surface area contributed by atoms with Crippen molar-refractivity contribution in [2.45, 2.75) is 38.1 Å². The monoisotopic (exact) mass is 224 g/mol. The van der Waals surface area contributed by atoms with Gasteiger partial charge in [0.05, 0.1) is 0 Å². The van der Waals surface area contributed by atoms with Gasteiger partial charge in [-0.25, -0.2) is 0 Å². The Labute approximate surface area is 98.5 Å². The maximum atomic E-state index is 5.45. The van der Waals surface area contributed by atoms with Crippen molar-refractivity contribution in [1.82, 2.24) is 10.2 Å². The molecule has 1 N–H and O–H groups in total. The van der Waals surface area contributed by atoms with E-state index in [4.69, 9.17) is 4.74 Å². The van der Waals surface area contributed by atoms with E-state index in [1.807, 2.05) is 0 Å². The first-order chi connectivity index (χ1) is 7.86. The predicted molar refractivity (Wildman–Crippen MR) is 64.6 cm³/mol.